The maximum Gasteiger partial charge on any atom is 0.261 e. The molecule has 0 bridgehead atoms. The third-order valence-corrected chi connectivity index (χ3v) is 11.3. The van der Waals surface area contributed by atoms with Crippen LogP contribution in [0, 0.1) is 0 Å². The zero-order valence-corrected chi connectivity index (χ0v) is 32.8. The first-order valence-corrected chi connectivity index (χ1v) is 20.0. The second kappa shape index (κ2) is 18.6. The Kier molecular flexibility index (Phi) is 13.4. The molecule has 2 atom stereocenters. The molecule has 4 heterocycles. The maximum absolute atomic E-state index is 13.6. The Morgan fingerprint density at radius 3 is 2.15 bits per heavy atom. The van der Waals surface area contributed by atoms with E-state index in [-0.39, 0.29) is 11.3 Å². The lowest BCUT2D eigenvalue weighted by atomic mass is 9.95. The quantitative estimate of drug-likeness (QED) is 0.0977. The summed E-state index contributed by atoms with van der Waals surface area (Å²) in [6.45, 7) is 12.0. The molecule has 1 unspecified atom stereocenters. The highest BCUT2D eigenvalue weighted by Gasteiger charge is 2.31. The van der Waals surface area contributed by atoms with Gasteiger partial charge in [-0.25, -0.2) is 19.9 Å². The standard InChI is InChI=1S/C43H53N7O3S/c1-5-6-7-8-9-27-53-35-17-15-32(16-18-35)34-29-46-39(47-30-34)33-13-11-31(12-14-33)28-36(48-40(51)37-19-20-38(54-37)43(2,3)4)41(52)49-23-25-50(26-24-49)42-44-21-10-22-45-42/h10-22,29-30,36,41,52H,5-9,23-28H2,1-4H3,(H,48,51)/t36-,41?/m0/s1. The van der Waals surface area contributed by atoms with E-state index in [1.807, 2.05) is 78.0 Å². The zero-order chi connectivity index (χ0) is 37.9. The Balaban J connectivity index is 1.10. The fraction of sp³-hybridized carbons (Fsp3) is 0.419. The molecule has 1 aliphatic heterocycles. The van der Waals surface area contributed by atoms with E-state index in [1.165, 1.54) is 37.0 Å². The van der Waals surface area contributed by atoms with Gasteiger partial charge >= 0.3 is 0 Å². The number of benzene rings is 2. The van der Waals surface area contributed by atoms with Crippen molar-refractivity contribution in [1.82, 2.24) is 30.2 Å². The first-order valence-electron chi connectivity index (χ1n) is 19.2. The van der Waals surface area contributed by atoms with E-state index in [0.29, 0.717) is 49.2 Å². The number of anilines is 1. The number of unbranched alkanes of at least 4 members (excludes halogenated alkanes) is 4. The van der Waals surface area contributed by atoms with Crippen LogP contribution in [0.4, 0.5) is 5.95 Å². The van der Waals surface area contributed by atoms with Crippen LogP contribution in [0.1, 0.15) is 79.9 Å². The van der Waals surface area contributed by atoms with Gasteiger partial charge in [-0.2, -0.15) is 0 Å². The normalized spacial score (nSPS) is 14.8. The van der Waals surface area contributed by atoms with Crippen LogP contribution in [0.25, 0.3) is 22.5 Å². The number of aliphatic hydroxyl groups excluding tert-OH is 1. The van der Waals surface area contributed by atoms with Gasteiger partial charge in [0, 0.05) is 67.0 Å². The molecule has 1 aliphatic rings. The highest BCUT2D eigenvalue weighted by atomic mass is 32.1. The lowest BCUT2D eigenvalue weighted by molar-refractivity contribution is -0.0257. The topological polar surface area (TPSA) is 117 Å². The Morgan fingerprint density at radius 2 is 1.50 bits per heavy atom. The molecule has 1 amide bonds. The molecule has 0 spiro atoms. The number of hydrogen-bond donors (Lipinski definition) is 2. The monoisotopic (exact) mass is 747 g/mol. The van der Waals surface area contributed by atoms with Crippen molar-refractivity contribution in [2.75, 3.05) is 37.7 Å². The van der Waals surface area contributed by atoms with Gasteiger partial charge in [0.25, 0.3) is 5.91 Å². The molecule has 0 aliphatic carbocycles. The van der Waals surface area contributed by atoms with Gasteiger partial charge in [-0.15, -0.1) is 11.3 Å². The van der Waals surface area contributed by atoms with Gasteiger partial charge in [0.1, 0.15) is 12.0 Å². The summed E-state index contributed by atoms with van der Waals surface area (Å²) in [6.07, 6.45) is 12.8. The smallest absolute Gasteiger partial charge is 0.261 e. The lowest BCUT2D eigenvalue weighted by Gasteiger charge is -2.40. The van der Waals surface area contributed by atoms with Gasteiger partial charge in [-0.1, -0.05) is 89.8 Å². The Hall–Kier alpha value is -4.71. The first kappa shape index (κ1) is 39.0. The molecule has 11 heteroatoms. The third kappa shape index (κ3) is 10.5. The summed E-state index contributed by atoms with van der Waals surface area (Å²) >= 11 is 1.50. The molecule has 10 nitrogen and oxygen atoms in total. The molecule has 2 N–H and O–H groups in total. The van der Waals surface area contributed by atoms with Gasteiger partial charge < -0.3 is 20.1 Å². The van der Waals surface area contributed by atoms with Crippen molar-refractivity contribution in [3.05, 3.63) is 107 Å². The average Bonchev–Trinajstić information content (AvgIpc) is 3.72. The van der Waals surface area contributed by atoms with Crippen LogP contribution in [-0.4, -0.2) is 80.9 Å². The van der Waals surface area contributed by atoms with Crippen LogP contribution in [0.15, 0.2) is 91.5 Å². The zero-order valence-electron chi connectivity index (χ0n) is 31.9. The lowest BCUT2D eigenvalue weighted by Crippen LogP contribution is -2.58. The Morgan fingerprint density at radius 1 is 0.833 bits per heavy atom. The second-order valence-electron chi connectivity index (χ2n) is 15.0. The number of carbonyl (C=O) groups is 1. The van der Waals surface area contributed by atoms with Crippen molar-refractivity contribution >= 4 is 23.2 Å². The summed E-state index contributed by atoms with van der Waals surface area (Å²) in [5, 5.41) is 14.9. The maximum atomic E-state index is 13.6. The Bertz CT molecular complexity index is 1890. The van der Waals surface area contributed by atoms with Crippen molar-refractivity contribution in [2.45, 2.75) is 83.9 Å². The number of ether oxygens (including phenoxy) is 1. The van der Waals surface area contributed by atoms with Gasteiger partial charge in [0.2, 0.25) is 5.95 Å². The van der Waals surface area contributed by atoms with Gasteiger partial charge in [0.15, 0.2) is 5.82 Å². The molecule has 1 fully saturated rings. The van der Waals surface area contributed by atoms with E-state index in [2.05, 4.69) is 57.8 Å². The number of thiophene rings is 1. The minimum Gasteiger partial charge on any atom is -0.494 e. The number of piperazine rings is 1. The number of hydrogen-bond acceptors (Lipinski definition) is 10. The van der Waals surface area contributed by atoms with E-state index >= 15 is 0 Å². The van der Waals surface area contributed by atoms with Crippen molar-refractivity contribution in [1.29, 1.82) is 0 Å². The number of nitrogens with one attached hydrogen (secondary N) is 1. The predicted molar refractivity (Wildman–Crippen MR) is 217 cm³/mol. The van der Waals surface area contributed by atoms with E-state index in [4.69, 9.17) is 4.74 Å². The van der Waals surface area contributed by atoms with Crippen LogP contribution >= 0.6 is 11.3 Å². The SMILES string of the molecule is CCCCCCCOc1ccc(-c2cnc(-c3ccc(C[C@H](NC(=O)c4ccc(C(C)(C)C)s4)C(O)N4CCN(c5ncccn5)CC4)cc3)nc2)cc1. The van der Waals surface area contributed by atoms with Crippen molar-refractivity contribution in [3.8, 4) is 28.3 Å². The number of rotatable bonds is 16. The number of nitrogens with zero attached hydrogens (tertiary/aromatic N) is 6. The van der Waals surface area contributed by atoms with Gasteiger partial charge in [0.05, 0.1) is 17.5 Å². The van der Waals surface area contributed by atoms with E-state index in [1.54, 1.807) is 18.5 Å². The molecular formula is C43H53N7O3S. The molecule has 5 aromatic rings. The molecule has 284 valence electrons. The van der Waals surface area contributed by atoms with Crippen molar-refractivity contribution in [3.63, 3.8) is 0 Å². The molecule has 3 aromatic heterocycles. The van der Waals surface area contributed by atoms with E-state index < -0.39 is 12.3 Å². The highest BCUT2D eigenvalue weighted by molar-refractivity contribution is 7.14. The van der Waals surface area contributed by atoms with Crippen LogP contribution in [0.3, 0.4) is 0 Å². The molecule has 6 rings (SSSR count). The summed E-state index contributed by atoms with van der Waals surface area (Å²) < 4.78 is 5.93. The summed E-state index contributed by atoms with van der Waals surface area (Å²) in [6, 6.07) is 21.3. The fourth-order valence-electron chi connectivity index (χ4n) is 6.54. The van der Waals surface area contributed by atoms with Gasteiger partial charge in [-0.3, -0.25) is 9.69 Å². The average molecular weight is 748 g/mol. The minimum absolute atomic E-state index is 0.0518. The highest BCUT2D eigenvalue weighted by Crippen LogP contribution is 2.30. The van der Waals surface area contributed by atoms with Crippen LogP contribution in [0.5, 0.6) is 5.75 Å². The van der Waals surface area contributed by atoms with Crippen molar-refractivity contribution in [2.24, 2.45) is 0 Å². The summed E-state index contributed by atoms with van der Waals surface area (Å²) in [5.41, 5.74) is 3.80. The van der Waals surface area contributed by atoms with Crippen LogP contribution in [0.2, 0.25) is 0 Å². The summed E-state index contributed by atoms with van der Waals surface area (Å²) in [5.74, 6) is 2.01. The van der Waals surface area contributed by atoms with E-state index in [9.17, 15) is 9.90 Å². The number of aromatic nitrogens is 4. The van der Waals surface area contributed by atoms with Crippen LogP contribution < -0.4 is 15.0 Å². The largest absolute Gasteiger partial charge is 0.494 e. The molecule has 2 aromatic carbocycles. The number of amides is 1. The van der Waals surface area contributed by atoms with E-state index in [0.717, 1.165) is 45.9 Å². The molecule has 0 saturated carbocycles. The molecule has 0 radical (unpaired) electrons. The third-order valence-electron chi connectivity index (χ3n) is 9.79. The minimum atomic E-state index is -0.887. The summed E-state index contributed by atoms with van der Waals surface area (Å²) in [4.78, 5) is 37.6. The number of carbonyl (C=O) groups excluding carboxylic acids is 1. The molecule has 54 heavy (non-hydrogen) atoms. The predicted octanol–water partition coefficient (Wildman–Crippen LogP) is 7.79. The second-order valence-corrected chi connectivity index (χ2v) is 16.0. The van der Waals surface area contributed by atoms with Gasteiger partial charge in [-0.05, 0) is 59.7 Å². The van der Waals surface area contributed by atoms with Crippen LogP contribution in [-0.2, 0) is 11.8 Å². The Labute approximate surface area is 323 Å². The van der Waals surface area contributed by atoms with Crippen molar-refractivity contribution < 1.29 is 14.6 Å². The number of aliphatic hydroxyl groups is 1. The molecule has 1 saturated heterocycles. The molecular weight excluding hydrogens is 695 g/mol. The fourth-order valence-corrected chi connectivity index (χ4v) is 7.51. The summed E-state index contributed by atoms with van der Waals surface area (Å²) in [7, 11) is 0. The first-order chi connectivity index (χ1) is 26.2.